The van der Waals surface area contributed by atoms with Crippen molar-refractivity contribution in [2.45, 2.75) is 6.42 Å². The summed E-state index contributed by atoms with van der Waals surface area (Å²) < 4.78 is 58.5. The molecule has 508 valence electrons. The van der Waals surface area contributed by atoms with Gasteiger partial charge in [-0.3, -0.25) is 0 Å². The van der Waals surface area contributed by atoms with Gasteiger partial charge in [0.25, 0.3) is 0 Å². The van der Waals surface area contributed by atoms with E-state index in [0.717, 1.165) is 109 Å². The highest BCUT2D eigenvalue weighted by atomic mass is 32.2. The Hall–Kier alpha value is 1.92. The molecule has 5 saturated heterocycles. The van der Waals surface area contributed by atoms with Gasteiger partial charge in [0.15, 0.2) is 0 Å². The van der Waals surface area contributed by atoms with Gasteiger partial charge < -0.3 is 92.5 Å². The Kier molecular flexibility index (Phi) is 69.2. The maximum atomic E-state index is 5.56. The standard InChI is InChI=1S/C14H26N2O4S4.C11H22N2O3S2.C10H18N2O2S4.C6H10N2S4.C6H12N2S2.2CS2/c21-13(22)15-1-5-17-9-10-19-7-3-16(14(23)24)4-8-20-12-11-18-6-2-15;17-11(18)13-3-7-14-5-1-12-2-6-15-9-10-16-8-4-13;15-9(16)11-1-5-13-7-3-12(10(17)18)4-8-14-6-2-11;9-5(10)7-1-2-8(4-3-7)6(11)12;9-6(10)8-4-1-2-7-3-5-8;2*2-1-3/h1-12H2,(H,21,22)(H,23,24);12H,1-10H2,(H,17,18);1-8H2,(H,15,16)(H,17,18);1-4H2,(H,9,10)(H,11,12);7H,1-5H2,(H,9,10);;. The van der Waals surface area contributed by atoms with Crippen molar-refractivity contribution in [2.75, 3.05) is 250 Å². The van der Waals surface area contributed by atoms with E-state index in [-0.39, 0.29) is 0 Å². The fourth-order valence-electron chi connectivity index (χ4n) is 7.07. The van der Waals surface area contributed by atoms with Gasteiger partial charge in [-0.1, -0.05) is 97.7 Å². The lowest BCUT2D eigenvalue weighted by atomic mass is 10.4. The normalized spacial score (nSPS) is 19.2. The van der Waals surface area contributed by atoms with E-state index in [1.807, 2.05) is 33.1 Å². The molecule has 0 atom stereocenters. The summed E-state index contributed by atoms with van der Waals surface area (Å²) in [5.41, 5.74) is 0. The Morgan fingerprint density at radius 3 is 0.625 bits per heavy atom. The van der Waals surface area contributed by atoms with E-state index in [4.69, 9.17) is 140 Å². The minimum Gasteiger partial charge on any atom is -0.378 e. The predicted molar refractivity (Wildman–Crippen MR) is 433 cm³/mol. The fraction of sp³-hybridized carbons (Fsp3) is 0.796. The Morgan fingerprint density at radius 2 is 0.398 bits per heavy atom. The molecule has 5 aliphatic rings. The summed E-state index contributed by atoms with van der Waals surface area (Å²) in [7, 11) is 0. The van der Waals surface area contributed by atoms with Crippen molar-refractivity contribution in [3.8, 4) is 0 Å². The lowest BCUT2D eigenvalue weighted by Crippen LogP contribution is -2.47. The Balaban J connectivity index is 0. The zero-order valence-electron chi connectivity index (χ0n) is 49.3. The number of ether oxygens (including phenoxy) is 9. The molecule has 88 heavy (non-hydrogen) atoms. The number of nitrogens with zero attached hydrogens (tertiary/aromatic N) is 8. The summed E-state index contributed by atoms with van der Waals surface area (Å²) in [6.45, 7) is 27.4. The molecule has 0 aromatic carbocycles. The molecule has 5 rings (SSSR count). The summed E-state index contributed by atoms with van der Waals surface area (Å²) in [6.07, 6.45) is 1.17. The minimum atomic E-state index is 0.540. The topological polar surface area (TPSA) is 133 Å². The summed E-state index contributed by atoms with van der Waals surface area (Å²) in [5, 5.41) is 6.54. The van der Waals surface area contributed by atoms with Crippen LogP contribution in [0.5, 0.6) is 0 Å². The van der Waals surface area contributed by atoms with Crippen molar-refractivity contribution < 1.29 is 42.6 Å². The van der Waals surface area contributed by atoms with Gasteiger partial charge in [0.1, 0.15) is 34.6 Å². The molecular weight excluding hydrogens is 1510 g/mol. The second-order valence-electron chi connectivity index (χ2n) is 17.7. The van der Waals surface area contributed by atoms with E-state index >= 15 is 0 Å². The second-order valence-corrected chi connectivity index (χ2v) is 27.9. The van der Waals surface area contributed by atoms with Crippen LogP contribution in [0.4, 0.5) is 0 Å². The van der Waals surface area contributed by atoms with Crippen LogP contribution in [0.3, 0.4) is 0 Å². The lowest BCUT2D eigenvalue weighted by molar-refractivity contribution is 0.0225. The first-order valence-electron chi connectivity index (χ1n) is 27.7. The number of nitrogens with one attached hydrogen (secondary N) is 2. The van der Waals surface area contributed by atoms with Gasteiger partial charge >= 0.3 is 0 Å². The first-order valence-corrected chi connectivity index (χ1v) is 36.2. The Morgan fingerprint density at radius 1 is 0.227 bits per heavy atom. The Labute approximate surface area is 632 Å². The largest absolute Gasteiger partial charge is 0.378 e. The zero-order valence-corrected chi connectivity index (χ0v) is 66.3. The van der Waals surface area contributed by atoms with Crippen molar-refractivity contribution in [1.82, 2.24) is 49.8 Å². The molecule has 0 aromatic heterocycles. The van der Waals surface area contributed by atoms with Crippen LogP contribution in [0.25, 0.3) is 0 Å². The molecule has 39 heteroatoms. The van der Waals surface area contributed by atoms with Crippen molar-refractivity contribution in [3.63, 3.8) is 0 Å². The molecule has 0 amide bonds. The van der Waals surface area contributed by atoms with Crippen LogP contribution in [-0.4, -0.2) is 332 Å². The number of rotatable bonds is 0. The first-order chi connectivity index (χ1) is 42.3. The van der Waals surface area contributed by atoms with Crippen LogP contribution >= 0.6 is 248 Å². The molecule has 0 aliphatic carbocycles. The average molecular weight is 1600 g/mol. The predicted octanol–water partition coefficient (Wildman–Crippen LogP) is 5.89. The molecular formula is C49H88N10O9S20. The first kappa shape index (κ1) is 92.0. The second kappa shape index (κ2) is 66.2. The van der Waals surface area contributed by atoms with Crippen molar-refractivity contribution >= 4 is 291 Å². The minimum absolute atomic E-state index is 0.540. The molecule has 2 N–H and O–H groups in total. The van der Waals surface area contributed by atoms with Gasteiger partial charge in [0.05, 0.1) is 119 Å². The van der Waals surface area contributed by atoms with Gasteiger partial charge in [-0.15, -0.1) is 101 Å². The molecule has 19 nitrogen and oxygen atoms in total. The van der Waals surface area contributed by atoms with Gasteiger partial charge in [0.2, 0.25) is 0 Å². The number of thiol groups is 8. The maximum absolute atomic E-state index is 5.56. The third kappa shape index (κ3) is 57.0. The molecule has 0 bridgehead atoms. The van der Waals surface area contributed by atoms with Crippen LogP contribution < -0.4 is 10.6 Å². The molecule has 5 fully saturated rings. The van der Waals surface area contributed by atoms with E-state index in [2.05, 4.69) is 175 Å². The van der Waals surface area contributed by atoms with Crippen LogP contribution in [0, 0.1) is 0 Å². The van der Waals surface area contributed by atoms with E-state index in [0.29, 0.717) is 175 Å². The third-order valence-electron chi connectivity index (χ3n) is 11.8. The zero-order chi connectivity index (χ0) is 66.0. The molecule has 5 heterocycles. The van der Waals surface area contributed by atoms with Crippen molar-refractivity contribution in [3.05, 3.63) is 0 Å². The number of hydrogen-bond acceptors (Lipinski definition) is 23. The monoisotopic (exact) mass is 1600 g/mol. The Bertz CT molecular complexity index is 1830. The maximum Gasteiger partial charge on any atom is 0.133 e. The summed E-state index contributed by atoms with van der Waals surface area (Å²) in [5.74, 6) is 0. The number of piperazine rings is 1. The lowest BCUT2D eigenvalue weighted by Gasteiger charge is -2.35. The molecule has 0 spiro atoms. The number of hydrogen-bond donors (Lipinski definition) is 10. The van der Waals surface area contributed by atoms with Crippen LogP contribution in [0.1, 0.15) is 6.42 Å². The van der Waals surface area contributed by atoms with Gasteiger partial charge in [0, 0.05) is 133 Å². The molecule has 5 aliphatic heterocycles. The van der Waals surface area contributed by atoms with Gasteiger partial charge in [-0.05, 0) is 61.8 Å². The quantitative estimate of drug-likeness (QED) is 0.104. The SMILES string of the molecule is S=C(S)N1CCCNCC1.S=C(S)N1CCN(C(=S)S)CC1.S=C(S)N1CCOCCN(C(=S)S)CCOCC1.S=C(S)N1CCOCCNCCOCCOCC1.S=C(S)N1CCOCCOCCN(C(=S)S)CCOCCOCC1.S=C=S.S=C=S. The summed E-state index contributed by atoms with van der Waals surface area (Å²) in [6, 6.07) is 0. The highest BCUT2D eigenvalue weighted by molar-refractivity contribution is 8.13. The molecule has 0 radical (unpaired) electrons. The highest BCUT2D eigenvalue weighted by Gasteiger charge is 2.18. The van der Waals surface area contributed by atoms with Gasteiger partial charge in [-0.2, -0.15) is 0 Å². The van der Waals surface area contributed by atoms with E-state index < -0.39 is 0 Å². The number of thiocarbonyl (C=S) groups is 12. The fourth-order valence-corrected chi connectivity index (χ4v) is 10.1. The van der Waals surface area contributed by atoms with E-state index in [9.17, 15) is 0 Å². The van der Waals surface area contributed by atoms with Crippen LogP contribution in [-0.2, 0) is 42.6 Å². The highest BCUT2D eigenvalue weighted by Crippen LogP contribution is 2.08. The van der Waals surface area contributed by atoms with Gasteiger partial charge in [-0.25, -0.2) is 0 Å². The van der Waals surface area contributed by atoms with Crippen LogP contribution in [0.15, 0.2) is 0 Å². The smallest absolute Gasteiger partial charge is 0.133 e. The summed E-state index contributed by atoms with van der Waals surface area (Å²) in [4.78, 5) is 16.1. The van der Waals surface area contributed by atoms with E-state index in [1.54, 1.807) is 0 Å². The van der Waals surface area contributed by atoms with Crippen molar-refractivity contribution in [2.24, 2.45) is 0 Å². The van der Waals surface area contributed by atoms with E-state index in [1.165, 1.54) is 6.42 Å². The molecule has 0 unspecified atom stereocenters. The third-order valence-corrected chi connectivity index (χ3v) is 16.1. The average Bonchev–Trinajstić information content (AvgIpc) is 3.95. The van der Waals surface area contributed by atoms with Crippen LogP contribution in [0.2, 0.25) is 0 Å². The summed E-state index contributed by atoms with van der Waals surface area (Å²) >= 11 is 89.4. The van der Waals surface area contributed by atoms with Crippen molar-refractivity contribution in [1.29, 1.82) is 0 Å². The molecule has 0 aromatic rings. The molecule has 0 saturated carbocycles.